The van der Waals surface area contributed by atoms with Crippen molar-refractivity contribution in [2.24, 2.45) is 0 Å². The second kappa shape index (κ2) is 7.89. The minimum Gasteiger partial charge on any atom is -0.481 e. The maximum atomic E-state index is 11.8. The Morgan fingerprint density at radius 3 is 2.47 bits per heavy atom. The number of urea groups is 1. The number of rotatable bonds is 7. The summed E-state index contributed by atoms with van der Waals surface area (Å²) < 4.78 is 4.95. The third-order valence-electron chi connectivity index (χ3n) is 2.63. The van der Waals surface area contributed by atoms with Crippen LogP contribution in [0.4, 0.5) is 4.79 Å². The molecule has 100 valence electrons. The Morgan fingerprint density at radius 2 is 2.06 bits per heavy atom. The number of likely N-dealkylation sites (N-methyl/N-ethyl adjacent to an activating group) is 1. The molecule has 6 nitrogen and oxygen atoms in total. The second-order valence-corrected chi connectivity index (χ2v) is 4.07. The van der Waals surface area contributed by atoms with E-state index in [-0.39, 0.29) is 24.5 Å². The molecule has 0 rings (SSSR count). The average molecular weight is 246 g/mol. The van der Waals surface area contributed by atoms with Crippen LogP contribution in [0.2, 0.25) is 0 Å². The molecule has 0 aliphatic heterocycles. The summed E-state index contributed by atoms with van der Waals surface area (Å²) in [7, 11) is 3.23. The molecule has 0 radical (unpaired) electrons. The van der Waals surface area contributed by atoms with E-state index in [2.05, 4.69) is 5.32 Å². The predicted molar refractivity (Wildman–Crippen MR) is 64.0 cm³/mol. The number of nitrogens with zero attached hydrogens (tertiary/aromatic N) is 1. The van der Waals surface area contributed by atoms with Gasteiger partial charge in [0, 0.05) is 20.2 Å². The average Bonchev–Trinajstić information content (AvgIpc) is 2.26. The van der Waals surface area contributed by atoms with Crippen molar-refractivity contribution in [2.45, 2.75) is 38.8 Å². The van der Waals surface area contributed by atoms with Gasteiger partial charge in [-0.1, -0.05) is 6.92 Å². The number of ether oxygens (including phenoxy) is 1. The van der Waals surface area contributed by atoms with E-state index < -0.39 is 5.97 Å². The number of methoxy groups -OCH3 is 1. The van der Waals surface area contributed by atoms with Crippen molar-refractivity contribution in [3.8, 4) is 0 Å². The van der Waals surface area contributed by atoms with E-state index in [1.165, 1.54) is 4.90 Å². The number of carboxylic acid groups (broad SMARTS) is 1. The number of hydrogen-bond donors (Lipinski definition) is 2. The number of nitrogens with one attached hydrogen (secondary N) is 1. The summed E-state index contributed by atoms with van der Waals surface area (Å²) in [4.78, 5) is 23.9. The number of carboxylic acids is 1. The van der Waals surface area contributed by atoms with Crippen LogP contribution in [0.5, 0.6) is 0 Å². The van der Waals surface area contributed by atoms with Crippen LogP contribution < -0.4 is 5.32 Å². The molecule has 0 aromatic carbocycles. The van der Waals surface area contributed by atoms with Gasteiger partial charge in [-0.2, -0.15) is 0 Å². The fourth-order valence-corrected chi connectivity index (χ4v) is 1.34. The van der Waals surface area contributed by atoms with Gasteiger partial charge < -0.3 is 20.1 Å². The molecule has 0 spiro atoms. The van der Waals surface area contributed by atoms with Crippen LogP contribution in [-0.2, 0) is 9.53 Å². The first kappa shape index (κ1) is 15.7. The zero-order valence-corrected chi connectivity index (χ0v) is 10.9. The zero-order chi connectivity index (χ0) is 13.4. The first-order chi connectivity index (χ1) is 7.92. The smallest absolute Gasteiger partial charge is 0.317 e. The lowest BCUT2D eigenvalue weighted by Crippen LogP contribution is -2.48. The lowest BCUT2D eigenvalue weighted by molar-refractivity contribution is -0.137. The summed E-state index contributed by atoms with van der Waals surface area (Å²) in [5.74, 6) is -0.912. The van der Waals surface area contributed by atoms with Gasteiger partial charge in [0.15, 0.2) is 0 Å². The third-order valence-corrected chi connectivity index (χ3v) is 2.63. The van der Waals surface area contributed by atoms with Gasteiger partial charge in [-0.3, -0.25) is 4.79 Å². The summed E-state index contributed by atoms with van der Waals surface area (Å²) in [5.41, 5.74) is 0. The van der Waals surface area contributed by atoms with Crippen molar-refractivity contribution >= 4 is 12.0 Å². The highest BCUT2D eigenvalue weighted by molar-refractivity contribution is 5.76. The maximum Gasteiger partial charge on any atom is 0.317 e. The van der Waals surface area contributed by atoms with Crippen molar-refractivity contribution in [1.82, 2.24) is 10.2 Å². The van der Waals surface area contributed by atoms with Gasteiger partial charge in [-0.25, -0.2) is 4.79 Å². The van der Waals surface area contributed by atoms with Gasteiger partial charge in [-0.05, 0) is 13.3 Å². The molecule has 0 aliphatic rings. The van der Waals surface area contributed by atoms with E-state index in [1.54, 1.807) is 14.2 Å². The highest BCUT2D eigenvalue weighted by atomic mass is 16.5. The third kappa shape index (κ3) is 6.11. The molecule has 0 saturated carbocycles. The molecule has 2 amide bonds. The fourth-order valence-electron chi connectivity index (χ4n) is 1.34. The van der Waals surface area contributed by atoms with E-state index in [1.807, 2.05) is 13.8 Å². The number of aliphatic carboxylic acids is 1. The van der Waals surface area contributed by atoms with Crippen LogP contribution in [-0.4, -0.2) is 54.9 Å². The molecule has 17 heavy (non-hydrogen) atoms. The predicted octanol–water partition coefficient (Wildman–Crippen LogP) is 0.916. The summed E-state index contributed by atoms with van der Waals surface area (Å²) in [6, 6.07) is -0.665. The summed E-state index contributed by atoms with van der Waals surface area (Å²) >= 11 is 0. The normalized spacial score (nSPS) is 13.9. The quantitative estimate of drug-likeness (QED) is 0.700. The van der Waals surface area contributed by atoms with Crippen LogP contribution in [0.3, 0.4) is 0 Å². The summed E-state index contributed by atoms with van der Waals surface area (Å²) in [5, 5.41) is 11.4. The molecule has 2 atom stereocenters. The molecular weight excluding hydrogens is 224 g/mol. The highest BCUT2D eigenvalue weighted by Gasteiger charge is 2.19. The van der Waals surface area contributed by atoms with Crippen molar-refractivity contribution < 1.29 is 19.4 Å². The van der Waals surface area contributed by atoms with E-state index in [9.17, 15) is 9.59 Å². The summed E-state index contributed by atoms with van der Waals surface area (Å²) in [6.45, 7) is 4.15. The number of carbonyl (C=O) groups is 2. The number of amides is 2. The lowest BCUT2D eigenvalue weighted by Gasteiger charge is -2.26. The topological polar surface area (TPSA) is 78.9 Å². The molecule has 0 fully saturated rings. The maximum absolute atomic E-state index is 11.8. The number of hydrogen-bond acceptors (Lipinski definition) is 3. The monoisotopic (exact) mass is 246 g/mol. The molecule has 0 saturated heterocycles. The Labute approximate surface area is 102 Å². The Hall–Kier alpha value is -1.30. The van der Waals surface area contributed by atoms with Gasteiger partial charge in [0.05, 0.1) is 19.1 Å². The van der Waals surface area contributed by atoms with Gasteiger partial charge in [-0.15, -0.1) is 0 Å². The molecule has 0 aliphatic carbocycles. The van der Waals surface area contributed by atoms with Gasteiger partial charge in [0.2, 0.25) is 0 Å². The van der Waals surface area contributed by atoms with Crippen LogP contribution in [0.1, 0.15) is 26.7 Å². The minimum atomic E-state index is -0.912. The van der Waals surface area contributed by atoms with Crippen LogP contribution in [0.15, 0.2) is 0 Å². The molecular formula is C11H22N2O4. The molecule has 6 heteroatoms. The SMILES string of the molecule is CCC(CC(=O)O)NC(=O)N(C)C(C)COC. The van der Waals surface area contributed by atoms with Crippen molar-refractivity contribution in [2.75, 3.05) is 20.8 Å². The molecule has 0 heterocycles. The molecule has 0 aromatic rings. The zero-order valence-electron chi connectivity index (χ0n) is 10.9. The van der Waals surface area contributed by atoms with E-state index in [0.717, 1.165) is 0 Å². The summed E-state index contributed by atoms with van der Waals surface area (Å²) in [6.07, 6.45) is 0.527. The van der Waals surface area contributed by atoms with E-state index in [4.69, 9.17) is 9.84 Å². The fraction of sp³-hybridized carbons (Fsp3) is 0.818. The van der Waals surface area contributed by atoms with Crippen LogP contribution in [0.25, 0.3) is 0 Å². The van der Waals surface area contributed by atoms with Gasteiger partial charge >= 0.3 is 12.0 Å². The largest absolute Gasteiger partial charge is 0.481 e. The van der Waals surface area contributed by atoms with Crippen molar-refractivity contribution in [3.05, 3.63) is 0 Å². The molecule has 0 aromatic heterocycles. The first-order valence-electron chi connectivity index (χ1n) is 5.66. The molecule has 2 unspecified atom stereocenters. The van der Waals surface area contributed by atoms with E-state index >= 15 is 0 Å². The van der Waals surface area contributed by atoms with Gasteiger partial charge in [0.1, 0.15) is 0 Å². The van der Waals surface area contributed by atoms with Crippen LogP contribution in [0, 0.1) is 0 Å². The Balaban J connectivity index is 4.25. The second-order valence-electron chi connectivity index (χ2n) is 4.07. The van der Waals surface area contributed by atoms with Crippen molar-refractivity contribution in [3.63, 3.8) is 0 Å². The van der Waals surface area contributed by atoms with Gasteiger partial charge in [0.25, 0.3) is 0 Å². The Kier molecular flexibility index (Phi) is 7.29. The minimum absolute atomic E-state index is 0.0534. The first-order valence-corrected chi connectivity index (χ1v) is 5.66. The molecule has 0 bridgehead atoms. The highest BCUT2D eigenvalue weighted by Crippen LogP contribution is 2.01. The van der Waals surface area contributed by atoms with Crippen molar-refractivity contribution in [1.29, 1.82) is 0 Å². The standard InChI is InChI=1S/C11H22N2O4/c1-5-9(6-10(14)15)12-11(16)13(3)8(2)7-17-4/h8-9H,5-7H2,1-4H3,(H,12,16)(H,14,15). The number of carbonyl (C=O) groups excluding carboxylic acids is 1. The van der Waals surface area contributed by atoms with E-state index in [0.29, 0.717) is 13.0 Å². The van der Waals surface area contributed by atoms with Crippen LogP contribution >= 0.6 is 0 Å². The Morgan fingerprint density at radius 1 is 1.47 bits per heavy atom. The Bertz CT molecular complexity index is 258. The molecule has 2 N–H and O–H groups in total. The lowest BCUT2D eigenvalue weighted by atomic mass is 10.1.